The first-order chi connectivity index (χ1) is 8.08. The Labute approximate surface area is 106 Å². The van der Waals surface area contributed by atoms with Crippen LogP contribution in [0.15, 0.2) is 33.4 Å². The summed E-state index contributed by atoms with van der Waals surface area (Å²) in [7, 11) is 0. The zero-order chi connectivity index (χ0) is 12.4. The molecule has 2 nitrogen and oxygen atoms in total. The summed E-state index contributed by atoms with van der Waals surface area (Å²) < 4.78 is 32.8. The molecule has 0 saturated carbocycles. The Morgan fingerprint density at radius 1 is 1.24 bits per heavy atom. The smallest absolute Gasteiger partial charge is 0.169 e. The first-order valence-electron chi connectivity index (χ1n) is 5.00. The largest absolute Gasteiger partial charge is 0.452 e. The van der Waals surface area contributed by atoms with Crippen molar-refractivity contribution >= 4 is 21.6 Å². The molecule has 1 heterocycles. The van der Waals surface area contributed by atoms with E-state index in [-0.39, 0.29) is 12.2 Å². The lowest BCUT2D eigenvalue weighted by atomic mass is 10.2. The summed E-state index contributed by atoms with van der Waals surface area (Å²) in [6.07, 6.45) is 0. The highest BCUT2D eigenvalue weighted by molar-refractivity contribution is 9.10. The molecular formula is C12H10BrF2NO. The molecule has 0 aliphatic rings. The molecule has 0 radical (unpaired) electrons. The topological polar surface area (TPSA) is 25.2 Å². The molecule has 1 aromatic carbocycles. The highest BCUT2D eigenvalue weighted by Crippen LogP contribution is 2.23. The van der Waals surface area contributed by atoms with Crippen molar-refractivity contribution in [2.24, 2.45) is 0 Å². The van der Waals surface area contributed by atoms with Crippen LogP contribution in [0.3, 0.4) is 0 Å². The second kappa shape index (κ2) is 4.87. The van der Waals surface area contributed by atoms with Crippen LogP contribution in [-0.4, -0.2) is 0 Å². The summed E-state index contributed by atoms with van der Waals surface area (Å²) in [6, 6.07) is 6.08. The van der Waals surface area contributed by atoms with Crippen LogP contribution in [0.25, 0.3) is 0 Å². The minimum absolute atomic E-state index is 0.127. The number of hydrogen-bond donors (Lipinski definition) is 1. The predicted octanol–water partition coefficient (Wildman–Crippen LogP) is 4.24. The molecule has 0 atom stereocenters. The van der Waals surface area contributed by atoms with Gasteiger partial charge in [-0.15, -0.1) is 0 Å². The van der Waals surface area contributed by atoms with Gasteiger partial charge in [0.1, 0.15) is 17.3 Å². The van der Waals surface area contributed by atoms with E-state index in [1.807, 2.05) is 0 Å². The van der Waals surface area contributed by atoms with Crippen molar-refractivity contribution in [1.29, 1.82) is 0 Å². The van der Waals surface area contributed by atoms with E-state index in [9.17, 15) is 8.78 Å². The Hall–Kier alpha value is -1.36. The molecule has 1 aromatic heterocycles. The van der Waals surface area contributed by atoms with E-state index < -0.39 is 11.6 Å². The first-order valence-corrected chi connectivity index (χ1v) is 5.80. The summed E-state index contributed by atoms with van der Waals surface area (Å²) in [5, 5.41) is 2.69. The molecule has 2 rings (SSSR count). The molecule has 2 aromatic rings. The zero-order valence-corrected chi connectivity index (χ0v) is 10.6. The molecule has 0 unspecified atom stereocenters. The van der Waals surface area contributed by atoms with Crippen molar-refractivity contribution in [2.75, 3.05) is 5.32 Å². The van der Waals surface area contributed by atoms with Gasteiger partial charge < -0.3 is 9.73 Å². The van der Waals surface area contributed by atoms with Gasteiger partial charge in [-0.05, 0) is 46.6 Å². The summed E-state index contributed by atoms with van der Waals surface area (Å²) >= 11 is 3.16. The van der Waals surface area contributed by atoms with Crippen LogP contribution in [0.2, 0.25) is 0 Å². The van der Waals surface area contributed by atoms with Crippen LogP contribution >= 0.6 is 15.9 Å². The van der Waals surface area contributed by atoms with Gasteiger partial charge in [-0.3, -0.25) is 0 Å². The van der Waals surface area contributed by atoms with Gasteiger partial charge in [0.15, 0.2) is 10.5 Å². The van der Waals surface area contributed by atoms with Gasteiger partial charge in [0.05, 0.1) is 6.54 Å². The van der Waals surface area contributed by atoms with E-state index in [0.717, 1.165) is 0 Å². The van der Waals surface area contributed by atoms with Crippen LogP contribution in [0, 0.1) is 18.6 Å². The Morgan fingerprint density at radius 3 is 2.65 bits per heavy atom. The lowest BCUT2D eigenvalue weighted by Crippen LogP contribution is -2.04. The van der Waals surface area contributed by atoms with E-state index in [2.05, 4.69) is 21.2 Å². The molecule has 0 saturated heterocycles. The lowest BCUT2D eigenvalue weighted by molar-refractivity contribution is 0.494. The fourth-order valence-corrected chi connectivity index (χ4v) is 1.78. The van der Waals surface area contributed by atoms with E-state index in [1.165, 1.54) is 12.1 Å². The van der Waals surface area contributed by atoms with Gasteiger partial charge in [-0.25, -0.2) is 8.78 Å². The van der Waals surface area contributed by atoms with Crippen LogP contribution in [0.4, 0.5) is 14.5 Å². The highest BCUT2D eigenvalue weighted by atomic mass is 79.9. The summed E-state index contributed by atoms with van der Waals surface area (Å²) in [5.74, 6) is -0.591. The van der Waals surface area contributed by atoms with Gasteiger partial charge in [-0.1, -0.05) is 6.07 Å². The minimum Gasteiger partial charge on any atom is -0.452 e. The van der Waals surface area contributed by atoms with Crippen molar-refractivity contribution in [3.63, 3.8) is 0 Å². The quantitative estimate of drug-likeness (QED) is 0.917. The number of halogens is 3. The van der Waals surface area contributed by atoms with Crippen molar-refractivity contribution in [2.45, 2.75) is 13.5 Å². The Kier molecular flexibility index (Phi) is 3.47. The molecule has 0 amide bonds. The fourth-order valence-electron chi connectivity index (χ4n) is 1.44. The number of anilines is 1. The lowest BCUT2D eigenvalue weighted by Gasteiger charge is -2.08. The zero-order valence-electron chi connectivity index (χ0n) is 9.06. The average molecular weight is 302 g/mol. The molecule has 5 heteroatoms. The predicted molar refractivity (Wildman–Crippen MR) is 64.8 cm³/mol. The third kappa shape index (κ3) is 2.66. The van der Waals surface area contributed by atoms with E-state index in [1.54, 1.807) is 19.1 Å². The molecule has 0 aliphatic carbocycles. The minimum atomic E-state index is -0.612. The second-order valence-corrected chi connectivity index (χ2v) is 4.39. The Balaban J connectivity index is 2.16. The summed E-state index contributed by atoms with van der Waals surface area (Å²) in [5.41, 5.74) is 0.270. The first kappa shape index (κ1) is 12.1. The number of furan rings is 1. The van der Waals surface area contributed by atoms with Crippen LogP contribution < -0.4 is 5.32 Å². The molecular weight excluding hydrogens is 292 g/mol. The van der Waals surface area contributed by atoms with Gasteiger partial charge in [0.25, 0.3) is 0 Å². The maximum atomic E-state index is 13.6. The van der Waals surface area contributed by atoms with E-state index >= 15 is 0 Å². The van der Waals surface area contributed by atoms with Crippen molar-refractivity contribution < 1.29 is 13.2 Å². The second-order valence-electron chi connectivity index (χ2n) is 3.61. The summed E-state index contributed by atoms with van der Waals surface area (Å²) in [6.45, 7) is 1.81. The normalized spacial score (nSPS) is 10.6. The van der Waals surface area contributed by atoms with Crippen LogP contribution in [0.5, 0.6) is 0 Å². The third-order valence-corrected chi connectivity index (χ3v) is 2.78. The Bertz CT molecular complexity index is 539. The van der Waals surface area contributed by atoms with Crippen LogP contribution in [0.1, 0.15) is 11.3 Å². The molecule has 1 N–H and O–H groups in total. The SMILES string of the molecule is Cc1ccc(F)c(NCc2ccc(Br)o2)c1F. The maximum Gasteiger partial charge on any atom is 0.169 e. The number of aryl methyl sites for hydroxylation is 1. The highest BCUT2D eigenvalue weighted by Gasteiger charge is 2.11. The third-order valence-electron chi connectivity index (χ3n) is 2.35. The van der Waals surface area contributed by atoms with Crippen molar-refractivity contribution in [3.8, 4) is 0 Å². The van der Waals surface area contributed by atoms with Crippen molar-refractivity contribution in [1.82, 2.24) is 0 Å². The van der Waals surface area contributed by atoms with E-state index in [4.69, 9.17) is 4.42 Å². The fraction of sp³-hybridized carbons (Fsp3) is 0.167. The van der Waals surface area contributed by atoms with Crippen molar-refractivity contribution in [3.05, 3.63) is 51.9 Å². The molecule has 0 aliphatic heterocycles. The molecule has 90 valence electrons. The molecule has 0 bridgehead atoms. The average Bonchev–Trinajstić information content (AvgIpc) is 2.70. The molecule has 17 heavy (non-hydrogen) atoms. The van der Waals surface area contributed by atoms with Gasteiger partial charge >= 0.3 is 0 Å². The monoisotopic (exact) mass is 301 g/mol. The van der Waals surface area contributed by atoms with E-state index in [0.29, 0.717) is 16.0 Å². The summed E-state index contributed by atoms with van der Waals surface area (Å²) in [4.78, 5) is 0. The van der Waals surface area contributed by atoms with Gasteiger partial charge in [0, 0.05) is 0 Å². The molecule has 0 spiro atoms. The molecule has 0 fully saturated rings. The van der Waals surface area contributed by atoms with Gasteiger partial charge in [-0.2, -0.15) is 0 Å². The van der Waals surface area contributed by atoms with Gasteiger partial charge in [0.2, 0.25) is 0 Å². The number of benzene rings is 1. The number of nitrogens with one attached hydrogen (secondary N) is 1. The standard InChI is InChI=1S/C12H10BrF2NO/c1-7-2-4-9(14)12(11(7)15)16-6-8-3-5-10(13)17-8/h2-5,16H,6H2,1H3. The van der Waals surface area contributed by atoms with Crippen LogP contribution in [-0.2, 0) is 6.54 Å². The number of hydrogen-bond acceptors (Lipinski definition) is 2. The number of rotatable bonds is 3. The maximum absolute atomic E-state index is 13.6. The Morgan fingerprint density at radius 2 is 2.00 bits per heavy atom.